The molecule has 1 N–H and O–H groups in total. The van der Waals surface area contributed by atoms with Gasteiger partial charge in [-0.3, -0.25) is 4.90 Å². The molecule has 0 spiro atoms. The van der Waals surface area contributed by atoms with E-state index in [1.54, 1.807) is 0 Å². The van der Waals surface area contributed by atoms with Gasteiger partial charge in [0.2, 0.25) is 0 Å². The van der Waals surface area contributed by atoms with Gasteiger partial charge in [0, 0.05) is 19.1 Å². The number of morpholine rings is 1. The second-order valence-electron chi connectivity index (χ2n) is 6.01. The summed E-state index contributed by atoms with van der Waals surface area (Å²) in [5.41, 5.74) is -0.268. The minimum absolute atomic E-state index is 0.134. The number of ether oxygens (including phenoxy) is 1. The van der Waals surface area contributed by atoms with Crippen molar-refractivity contribution in [2.45, 2.75) is 64.9 Å². The number of hydrogen-bond donors (Lipinski definition) is 1. The van der Waals surface area contributed by atoms with Gasteiger partial charge in [0.25, 0.3) is 0 Å². The topological polar surface area (TPSA) is 32.7 Å². The van der Waals surface area contributed by atoms with Crippen LogP contribution in [0.2, 0.25) is 0 Å². The molecule has 0 amide bonds. The maximum Gasteiger partial charge on any atom is 0.0760 e. The van der Waals surface area contributed by atoms with Crippen LogP contribution in [0.3, 0.4) is 0 Å². The summed E-state index contributed by atoms with van der Waals surface area (Å²) in [5, 5.41) is 9.63. The monoisotopic (exact) mass is 215 g/mol. The van der Waals surface area contributed by atoms with Crippen molar-refractivity contribution in [3.05, 3.63) is 0 Å². The maximum atomic E-state index is 9.63. The third-order valence-corrected chi connectivity index (χ3v) is 2.99. The summed E-state index contributed by atoms with van der Waals surface area (Å²) in [6.07, 6.45) is -0.297. The molecule has 0 aromatic heterocycles. The van der Waals surface area contributed by atoms with Gasteiger partial charge in [0.05, 0.1) is 17.3 Å². The molecule has 1 heterocycles. The summed E-state index contributed by atoms with van der Waals surface area (Å²) in [5.74, 6) is 0. The molecule has 1 rings (SSSR count). The molecule has 1 saturated heterocycles. The normalized spacial score (nSPS) is 29.8. The van der Waals surface area contributed by atoms with Gasteiger partial charge in [-0.1, -0.05) is 0 Å². The average Bonchev–Trinajstić information content (AvgIpc) is 1.96. The SMILES string of the molecule is CC(O)C(C)N1CC(C)(C)OC(C)(C)C1. The number of hydrogen-bond acceptors (Lipinski definition) is 3. The molecule has 1 aliphatic heterocycles. The van der Waals surface area contributed by atoms with Gasteiger partial charge in [0.15, 0.2) is 0 Å². The van der Waals surface area contributed by atoms with Crippen LogP contribution in [-0.2, 0) is 4.74 Å². The number of nitrogens with zero attached hydrogens (tertiary/aromatic N) is 1. The van der Waals surface area contributed by atoms with Gasteiger partial charge in [-0.05, 0) is 41.5 Å². The van der Waals surface area contributed by atoms with Crippen molar-refractivity contribution in [1.82, 2.24) is 4.90 Å². The van der Waals surface area contributed by atoms with Crippen LogP contribution in [0.25, 0.3) is 0 Å². The van der Waals surface area contributed by atoms with Crippen molar-refractivity contribution in [3.63, 3.8) is 0 Å². The molecule has 1 aliphatic rings. The fraction of sp³-hybridized carbons (Fsp3) is 1.00. The third-order valence-electron chi connectivity index (χ3n) is 2.99. The van der Waals surface area contributed by atoms with Crippen LogP contribution in [0.4, 0.5) is 0 Å². The standard InChI is InChI=1S/C12H25NO2/c1-9(10(2)14)13-7-11(3,4)15-12(5,6)8-13/h9-10,14H,7-8H2,1-6H3. The lowest BCUT2D eigenvalue weighted by Gasteiger charge is -2.49. The predicted octanol–water partition coefficient (Wildman–Crippen LogP) is 1.65. The van der Waals surface area contributed by atoms with Gasteiger partial charge >= 0.3 is 0 Å². The molecule has 2 unspecified atom stereocenters. The van der Waals surface area contributed by atoms with E-state index in [2.05, 4.69) is 39.5 Å². The maximum absolute atomic E-state index is 9.63. The molecular weight excluding hydrogens is 190 g/mol. The molecule has 0 saturated carbocycles. The van der Waals surface area contributed by atoms with Crippen molar-refractivity contribution < 1.29 is 9.84 Å². The van der Waals surface area contributed by atoms with E-state index in [1.807, 2.05) is 6.92 Å². The third kappa shape index (κ3) is 3.44. The zero-order valence-electron chi connectivity index (χ0n) is 10.9. The quantitative estimate of drug-likeness (QED) is 0.760. The first kappa shape index (κ1) is 12.9. The molecule has 90 valence electrons. The van der Waals surface area contributed by atoms with Gasteiger partial charge in [0.1, 0.15) is 0 Å². The fourth-order valence-corrected chi connectivity index (χ4v) is 2.44. The Balaban J connectivity index is 2.75. The molecule has 1 fully saturated rings. The predicted molar refractivity (Wildman–Crippen MR) is 62.0 cm³/mol. The zero-order chi connectivity index (χ0) is 11.9. The zero-order valence-corrected chi connectivity index (χ0v) is 10.9. The number of aliphatic hydroxyl groups excluding tert-OH is 1. The molecule has 0 radical (unpaired) electrons. The molecule has 0 aliphatic carbocycles. The smallest absolute Gasteiger partial charge is 0.0760 e. The lowest BCUT2D eigenvalue weighted by atomic mass is 9.96. The van der Waals surface area contributed by atoms with Crippen LogP contribution in [-0.4, -0.2) is 46.4 Å². The average molecular weight is 215 g/mol. The Hall–Kier alpha value is -0.120. The minimum atomic E-state index is -0.297. The largest absolute Gasteiger partial charge is 0.392 e. The number of rotatable bonds is 2. The first-order chi connectivity index (χ1) is 6.63. The second kappa shape index (κ2) is 4.04. The molecule has 0 aromatic carbocycles. The number of aliphatic hydroxyl groups is 1. The minimum Gasteiger partial charge on any atom is -0.392 e. The Morgan fingerprint density at radius 1 is 1.07 bits per heavy atom. The fourth-order valence-electron chi connectivity index (χ4n) is 2.44. The van der Waals surface area contributed by atoms with Crippen LogP contribution < -0.4 is 0 Å². The van der Waals surface area contributed by atoms with Crippen LogP contribution >= 0.6 is 0 Å². The van der Waals surface area contributed by atoms with E-state index in [-0.39, 0.29) is 23.3 Å². The summed E-state index contributed by atoms with van der Waals surface area (Å²) < 4.78 is 6.00. The lowest BCUT2D eigenvalue weighted by Crippen LogP contribution is -2.60. The highest BCUT2D eigenvalue weighted by Crippen LogP contribution is 2.29. The lowest BCUT2D eigenvalue weighted by molar-refractivity contribution is -0.191. The highest BCUT2D eigenvalue weighted by molar-refractivity contribution is 4.91. The first-order valence-electron chi connectivity index (χ1n) is 5.75. The molecule has 0 aromatic rings. The highest BCUT2D eigenvalue weighted by Gasteiger charge is 2.40. The summed E-state index contributed by atoms with van der Waals surface area (Å²) in [6, 6.07) is 0.187. The first-order valence-corrected chi connectivity index (χ1v) is 5.75. The van der Waals surface area contributed by atoms with Crippen molar-refractivity contribution >= 4 is 0 Å². The van der Waals surface area contributed by atoms with Crippen molar-refractivity contribution in [3.8, 4) is 0 Å². The van der Waals surface area contributed by atoms with E-state index in [1.165, 1.54) is 0 Å². The van der Waals surface area contributed by atoms with Gasteiger partial charge in [-0.2, -0.15) is 0 Å². The molecule has 2 atom stereocenters. The molecule has 15 heavy (non-hydrogen) atoms. The van der Waals surface area contributed by atoms with Crippen LogP contribution in [0, 0.1) is 0 Å². The Kier molecular flexibility index (Phi) is 3.49. The summed E-state index contributed by atoms with van der Waals surface area (Å²) >= 11 is 0. The Morgan fingerprint density at radius 3 is 1.80 bits per heavy atom. The van der Waals surface area contributed by atoms with Gasteiger partial charge < -0.3 is 9.84 Å². The van der Waals surface area contributed by atoms with Crippen LogP contribution in [0.15, 0.2) is 0 Å². The van der Waals surface area contributed by atoms with E-state index in [0.717, 1.165) is 13.1 Å². The molecule has 0 bridgehead atoms. The van der Waals surface area contributed by atoms with E-state index >= 15 is 0 Å². The van der Waals surface area contributed by atoms with E-state index < -0.39 is 0 Å². The van der Waals surface area contributed by atoms with Gasteiger partial charge in [-0.15, -0.1) is 0 Å². The van der Waals surface area contributed by atoms with Crippen molar-refractivity contribution in [2.24, 2.45) is 0 Å². The highest BCUT2D eigenvalue weighted by atomic mass is 16.5. The molecule has 3 heteroatoms. The van der Waals surface area contributed by atoms with E-state index in [4.69, 9.17) is 4.74 Å². The van der Waals surface area contributed by atoms with Crippen LogP contribution in [0.5, 0.6) is 0 Å². The van der Waals surface area contributed by atoms with Gasteiger partial charge in [-0.25, -0.2) is 0 Å². The Labute approximate surface area is 93.4 Å². The second-order valence-corrected chi connectivity index (χ2v) is 6.01. The Morgan fingerprint density at radius 2 is 1.47 bits per heavy atom. The van der Waals surface area contributed by atoms with E-state index in [9.17, 15) is 5.11 Å². The summed E-state index contributed by atoms with van der Waals surface area (Å²) in [7, 11) is 0. The van der Waals surface area contributed by atoms with Crippen molar-refractivity contribution in [1.29, 1.82) is 0 Å². The molecular formula is C12H25NO2. The summed E-state index contributed by atoms with van der Waals surface area (Å²) in [4.78, 5) is 2.31. The van der Waals surface area contributed by atoms with Crippen molar-refractivity contribution in [2.75, 3.05) is 13.1 Å². The molecule has 3 nitrogen and oxygen atoms in total. The Bertz CT molecular complexity index is 208. The summed E-state index contributed by atoms with van der Waals surface area (Å²) in [6.45, 7) is 14.1. The van der Waals surface area contributed by atoms with E-state index in [0.29, 0.717) is 0 Å². The van der Waals surface area contributed by atoms with Crippen LogP contribution in [0.1, 0.15) is 41.5 Å².